The summed E-state index contributed by atoms with van der Waals surface area (Å²) in [6.07, 6.45) is 3.51. The quantitative estimate of drug-likeness (QED) is 0.307. The van der Waals surface area contributed by atoms with Crippen molar-refractivity contribution in [2.75, 3.05) is 18.5 Å². The molecule has 1 aromatic rings. The first-order chi connectivity index (χ1) is 7.56. The Balaban J connectivity index is 2.77. The maximum atomic E-state index is 11.7. The van der Waals surface area contributed by atoms with Gasteiger partial charge in [0, 0.05) is 39.5 Å². The predicted octanol–water partition coefficient (Wildman–Crippen LogP) is -0.647. The molecule has 1 rings (SSSR count). The van der Waals surface area contributed by atoms with E-state index in [1.165, 1.54) is 4.57 Å². The fraction of sp³-hybridized carbons (Fsp3) is 0.444. The predicted molar refractivity (Wildman–Crippen MR) is 60.8 cm³/mol. The van der Waals surface area contributed by atoms with Crippen molar-refractivity contribution in [1.82, 2.24) is 9.55 Å². The van der Waals surface area contributed by atoms with E-state index in [9.17, 15) is 4.79 Å². The van der Waals surface area contributed by atoms with E-state index in [2.05, 4.69) is 10.1 Å². The summed E-state index contributed by atoms with van der Waals surface area (Å²) in [6, 6.07) is 0. The first-order valence-corrected chi connectivity index (χ1v) is 4.75. The summed E-state index contributed by atoms with van der Waals surface area (Å²) in [4.78, 5) is 17.3. The second-order valence-corrected chi connectivity index (χ2v) is 3.43. The largest absolute Gasteiger partial charge is 0.409 e. The SMILES string of the molecule is CN(CCC(N)=NO)c1nccn(C)c1=O. The zero-order valence-electron chi connectivity index (χ0n) is 9.29. The van der Waals surface area contributed by atoms with E-state index in [1.54, 1.807) is 31.4 Å². The Kier molecular flexibility index (Phi) is 3.87. The third kappa shape index (κ3) is 2.72. The molecular formula is C9H15N5O2. The van der Waals surface area contributed by atoms with Crippen molar-refractivity contribution >= 4 is 11.7 Å². The van der Waals surface area contributed by atoms with Gasteiger partial charge in [-0.15, -0.1) is 0 Å². The van der Waals surface area contributed by atoms with Crippen LogP contribution < -0.4 is 16.2 Å². The molecule has 0 aromatic carbocycles. The molecule has 16 heavy (non-hydrogen) atoms. The van der Waals surface area contributed by atoms with E-state index in [0.717, 1.165) is 0 Å². The molecule has 0 aliphatic heterocycles. The van der Waals surface area contributed by atoms with Crippen LogP contribution in [0.4, 0.5) is 5.82 Å². The fourth-order valence-electron chi connectivity index (χ4n) is 1.18. The van der Waals surface area contributed by atoms with Crippen LogP contribution in [0.2, 0.25) is 0 Å². The van der Waals surface area contributed by atoms with E-state index in [1.807, 2.05) is 0 Å². The number of aromatic nitrogens is 2. The number of nitrogens with two attached hydrogens (primary N) is 1. The first kappa shape index (κ1) is 12.0. The molecule has 0 radical (unpaired) electrons. The second kappa shape index (κ2) is 5.15. The van der Waals surface area contributed by atoms with E-state index in [-0.39, 0.29) is 11.4 Å². The van der Waals surface area contributed by atoms with Crippen molar-refractivity contribution in [3.63, 3.8) is 0 Å². The van der Waals surface area contributed by atoms with Crippen molar-refractivity contribution in [3.8, 4) is 0 Å². The summed E-state index contributed by atoms with van der Waals surface area (Å²) < 4.78 is 1.45. The number of hydrogen-bond donors (Lipinski definition) is 2. The Morgan fingerprint density at radius 2 is 2.44 bits per heavy atom. The Labute approximate surface area is 92.8 Å². The lowest BCUT2D eigenvalue weighted by Crippen LogP contribution is -2.32. The van der Waals surface area contributed by atoms with E-state index < -0.39 is 0 Å². The number of nitrogens with zero attached hydrogens (tertiary/aromatic N) is 4. The minimum Gasteiger partial charge on any atom is -0.409 e. The van der Waals surface area contributed by atoms with Crippen LogP contribution >= 0.6 is 0 Å². The van der Waals surface area contributed by atoms with Crippen molar-refractivity contribution in [3.05, 3.63) is 22.7 Å². The van der Waals surface area contributed by atoms with Crippen LogP contribution in [0.5, 0.6) is 0 Å². The van der Waals surface area contributed by atoms with Gasteiger partial charge in [0.05, 0.1) is 0 Å². The normalized spacial score (nSPS) is 11.5. The van der Waals surface area contributed by atoms with Crippen LogP contribution in [0, 0.1) is 0 Å². The van der Waals surface area contributed by atoms with Gasteiger partial charge in [-0.3, -0.25) is 4.79 Å². The zero-order chi connectivity index (χ0) is 12.1. The van der Waals surface area contributed by atoms with Crippen molar-refractivity contribution in [2.24, 2.45) is 17.9 Å². The molecule has 0 amide bonds. The van der Waals surface area contributed by atoms with E-state index >= 15 is 0 Å². The van der Waals surface area contributed by atoms with Gasteiger partial charge >= 0.3 is 0 Å². The molecule has 3 N–H and O–H groups in total. The molecule has 0 saturated heterocycles. The second-order valence-electron chi connectivity index (χ2n) is 3.43. The lowest BCUT2D eigenvalue weighted by Gasteiger charge is -2.16. The molecule has 0 aliphatic rings. The van der Waals surface area contributed by atoms with E-state index in [4.69, 9.17) is 10.9 Å². The molecule has 1 aromatic heterocycles. The molecular weight excluding hydrogens is 210 g/mol. The van der Waals surface area contributed by atoms with Crippen molar-refractivity contribution in [2.45, 2.75) is 6.42 Å². The minimum absolute atomic E-state index is 0.125. The van der Waals surface area contributed by atoms with Gasteiger partial charge in [-0.05, 0) is 0 Å². The monoisotopic (exact) mass is 225 g/mol. The van der Waals surface area contributed by atoms with Gasteiger partial charge in [-0.1, -0.05) is 5.16 Å². The molecule has 0 saturated carbocycles. The molecule has 0 bridgehead atoms. The van der Waals surface area contributed by atoms with E-state index in [0.29, 0.717) is 18.8 Å². The molecule has 1 heterocycles. The summed E-state index contributed by atoms with van der Waals surface area (Å²) in [5.41, 5.74) is 5.16. The highest BCUT2D eigenvalue weighted by molar-refractivity contribution is 5.80. The van der Waals surface area contributed by atoms with Gasteiger partial charge in [0.2, 0.25) is 0 Å². The number of aryl methyl sites for hydroxylation is 1. The highest BCUT2D eigenvalue weighted by atomic mass is 16.4. The standard InChI is InChI=1S/C9H15N5O2/c1-13(5-3-7(10)12-16)8-9(15)14(2)6-4-11-8/h4,6,16H,3,5H2,1-2H3,(H2,10,12). The third-order valence-corrected chi connectivity index (χ3v) is 2.19. The zero-order valence-corrected chi connectivity index (χ0v) is 9.29. The smallest absolute Gasteiger partial charge is 0.293 e. The number of hydrogen-bond acceptors (Lipinski definition) is 5. The molecule has 0 aliphatic carbocycles. The summed E-state index contributed by atoms with van der Waals surface area (Å²) in [7, 11) is 3.39. The number of amidine groups is 1. The highest BCUT2D eigenvalue weighted by Gasteiger charge is 2.08. The Hall–Kier alpha value is -2.05. The maximum absolute atomic E-state index is 11.7. The minimum atomic E-state index is -0.176. The topological polar surface area (TPSA) is 96.7 Å². The van der Waals surface area contributed by atoms with Crippen LogP contribution in [-0.2, 0) is 7.05 Å². The Bertz CT molecular complexity index is 440. The number of rotatable bonds is 4. The van der Waals surface area contributed by atoms with Crippen molar-refractivity contribution in [1.29, 1.82) is 0 Å². The Morgan fingerprint density at radius 3 is 3.06 bits per heavy atom. The number of anilines is 1. The fourth-order valence-corrected chi connectivity index (χ4v) is 1.18. The van der Waals surface area contributed by atoms with Gasteiger partial charge in [-0.25, -0.2) is 4.98 Å². The highest BCUT2D eigenvalue weighted by Crippen LogP contribution is 2.00. The van der Waals surface area contributed by atoms with Crippen LogP contribution in [0.25, 0.3) is 0 Å². The molecule has 0 spiro atoms. The lowest BCUT2D eigenvalue weighted by atomic mass is 10.3. The first-order valence-electron chi connectivity index (χ1n) is 4.75. The molecule has 7 nitrogen and oxygen atoms in total. The van der Waals surface area contributed by atoms with Crippen LogP contribution in [0.3, 0.4) is 0 Å². The summed E-state index contributed by atoms with van der Waals surface area (Å²) in [5.74, 6) is 0.468. The van der Waals surface area contributed by atoms with Gasteiger partial charge < -0.3 is 20.4 Å². The maximum Gasteiger partial charge on any atom is 0.293 e. The van der Waals surface area contributed by atoms with Gasteiger partial charge in [0.15, 0.2) is 5.82 Å². The lowest BCUT2D eigenvalue weighted by molar-refractivity contribution is 0.317. The van der Waals surface area contributed by atoms with Crippen molar-refractivity contribution < 1.29 is 5.21 Å². The average Bonchev–Trinajstić information content (AvgIpc) is 2.29. The Morgan fingerprint density at radius 1 is 1.75 bits per heavy atom. The summed E-state index contributed by atoms with van der Waals surface area (Å²) >= 11 is 0. The van der Waals surface area contributed by atoms with Gasteiger partial charge in [-0.2, -0.15) is 0 Å². The van der Waals surface area contributed by atoms with Crippen LogP contribution in [0.15, 0.2) is 22.3 Å². The van der Waals surface area contributed by atoms with Crippen LogP contribution in [-0.4, -0.2) is 34.2 Å². The van der Waals surface area contributed by atoms with Crippen LogP contribution in [0.1, 0.15) is 6.42 Å². The molecule has 0 fully saturated rings. The molecule has 7 heteroatoms. The third-order valence-electron chi connectivity index (χ3n) is 2.19. The molecule has 88 valence electrons. The van der Waals surface area contributed by atoms with Gasteiger partial charge in [0.1, 0.15) is 5.84 Å². The summed E-state index contributed by atoms with van der Waals surface area (Å²) in [5, 5.41) is 11.2. The molecule has 0 atom stereocenters. The summed E-state index contributed by atoms with van der Waals surface area (Å²) in [6.45, 7) is 0.460. The molecule has 0 unspecified atom stereocenters. The van der Waals surface area contributed by atoms with Gasteiger partial charge in [0.25, 0.3) is 5.56 Å². The average molecular weight is 225 g/mol. The number of oxime groups is 1.